The van der Waals surface area contributed by atoms with Gasteiger partial charge in [-0.15, -0.1) is 24.0 Å². The minimum Gasteiger partial charge on any atom is -0.493 e. The van der Waals surface area contributed by atoms with Gasteiger partial charge < -0.3 is 24.8 Å². The van der Waals surface area contributed by atoms with Gasteiger partial charge in [-0.25, -0.2) is 4.99 Å². The number of rotatable bonds is 11. The van der Waals surface area contributed by atoms with Crippen LogP contribution in [0.15, 0.2) is 23.2 Å². The third kappa shape index (κ3) is 11.0. The van der Waals surface area contributed by atoms with Crippen LogP contribution in [-0.2, 0) is 20.8 Å². The van der Waals surface area contributed by atoms with Crippen molar-refractivity contribution in [1.82, 2.24) is 10.6 Å². The lowest BCUT2D eigenvalue weighted by molar-refractivity contribution is -0.140. The molecule has 0 spiro atoms. The molecule has 1 aromatic carbocycles. The second kappa shape index (κ2) is 15.5. The van der Waals surface area contributed by atoms with E-state index in [1.54, 1.807) is 7.11 Å². The Hall–Kier alpha value is -1.55. The van der Waals surface area contributed by atoms with Crippen LogP contribution in [0.5, 0.6) is 5.75 Å². The first-order valence-corrected chi connectivity index (χ1v) is 8.91. The quantitative estimate of drug-likeness (QED) is 0.162. The number of hydrogen-bond acceptors (Lipinski definition) is 5. The van der Waals surface area contributed by atoms with Crippen LogP contribution in [0, 0.1) is 6.92 Å². The summed E-state index contributed by atoms with van der Waals surface area (Å²) in [7, 11) is 3.06. The summed E-state index contributed by atoms with van der Waals surface area (Å²) in [6.45, 7) is 6.99. The van der Waals surface area contributed by atoms with Crippen molar-refractivity contribution in [1.29, 1.82) is 0 Å². The topological polar surface area (TPSA) is 81.2 Å². The van der Waals surface area contributed by atoms with Crippen LogP contribution >= 0.6 is 24.0 Å². The first-order chi connectivity index (χ1) is 12.6. The summed E-state index contributed by atoms with van der Waals surface area (Å²) in [5.74, 6) is 1.25. The minimum atomic E-state index is -0.251. The summed E-state index contributed by atoms with van der Waals surface area (Å²) in [4.78, 5) is 15.8. The molecule has 0 unspecified atom stereocenters. The Bertz CT molecular complexity index is 582. The van der Waals surface area contributed by atoms with E-state index in [9.17, 15) is 4.79 Å². The highest BCUT2D eigenvalue weighted by Gasteiger charge is 2.06. The normalized spacial score (nSPS) is 10.7. The van der Waals surface area contributed by atoms with Crippen molar-refractivity contribution >= 4 is 35.9 Å². The largest absolute Gasteiger partial charge is 0.493 e. The van der Waals surface area contributed by atoms with Gasteiger partial charge in [0, 0.05) is 38.8 Å². The maximum absolute atomic E-state index is 11.2. The van der Waals surface area contributed by atoms with E-state index < -0.39 is 0 Å². The van der Waals surface area contributed by atoms with E-state index in [2.05, 4.69) is 20.4 Å². The molecule has 0 heterocycles. The van der Waals surface area contributed by atoms with E-state index in [4.69, 9.17) is 9.47 Å². The Morgan fingerprint density at radius 1 is 1.19 bits per heavy atom. The number of guanidine groups is 1. The predicted octanol–water partition coefficient (Wildman–Crippen LogP) is 2.65. The van der Waals surface area contributed by atoms with E-state index in [1.807, 2.05) is 32.0 Å². The van der Waals surface area contributed by atoms with Gasteiger partial charge in [0.1, 0.15) is 5.75 Å². The highest BCUT2D eigenvalue weighted by atomic mass is 127. The smallest absolute Gasteiger partial charge is 0.307 e. The lowest BCUT2D eigenvalue weighted by atomic mass is 10.1. The van der Waals surface area contributed by atoms with Crippen molar-refractivity contribution < 1.29 is 19.0 Å². The molecule has 2 N–H and O–H groups in total. The molecular weight excluding hydrogens is 461 g/mol. The molecule has 154 valence electrons. The maximum atomic E-state index is 11.2. The Morgan fingerprint density at radius 3 is 2.63 bits per heavy atom. The first kappa shape index (κ1) is 25.4. The molecule has 0 aliphatic heterocycles. The zero-order valence-electron chi connectivity index (χ0n) is 16.7. The molecule has 0 amide bonds. The number of carbonyl (C=O) groups is 1. The molecule has 8 heteroatoms. The Balaban J connectivity index is 0.00000676. The number of esters is 1. The van der Waals surface area contributed by atoms with Crippen LogP contribution in [-0.4, -0.2) is 52.5 Å². The van der Waals surface area contributed by atoms with Gasteiger partial charge in [0.05, 0.1) is 26.7 Å². The molecule has 0 bridgehead atoms. The van der Waals surface area contributed by atoms with Gasteiger partial charge in [0.2, 0.25) is 0 Å². The van der Waals surface area contributed by atoms with Gasteiger partial charge in [-0.2, -0.15) is 0 Å². The van der Waals surface area contributed by atoms with E-state index in [0.717, 1.165) is 29.8 Å². The molecule has 27 heavy (non-hydrogen) atoms. The molecule has 1 rings (SSSR count). The molecule has 0 atom stereocenters. The van der Waals surface area contributed by atoms with Crippen LogP contribution in [0.1, 0.15) is 30.9 Å². The molecular formula is C19H32IN3O4. The van der Waals surface area contributed by atoms with Crippen LogP contribution in [0.2, 0.25) is 0 Å². The monoisotopic (exact) mass is 493 g/mol. The molecule has 0 saturated carbocycles. The fraction of sp³-hybridized carbons (Fsp3) is 0.579. The molecule has 0 saturated heterocycles. The van der Waals surface area contributed by atoms with Crippen molar-refractivity contribution in [2.24, 2.45) is 4.99 Å². The number of methoxy groups -OCH3 is 2. The van der Waals surface area contributed by atoms with Crippen molar-refractivity contribution in [2.45, 2.75) is 33.2 Å². The average Bonchev–Trinajstić information content (AvgIpc) is 2.64. The summed E-state index contributed by atoms with van der Waals surface area (Å²) in [5.41, 5.74) is 2.15. The molecule has 0 aliphatic carbocycles. The Labute approximate surface area is 179 Å². The number of hydrogen-bond donors (Lipinski definition) is 2. The highest BCUT2D eigenvalue weighted by Crippen LogP contribution is 2.21. The van der Waals surface area contributed by atoms with Crippen LogP contribution in [0.4, 0.5) is 0 Å². The zero-order valence-corrected chi connectivity index (χ0v) is 19.0. The molecule has 0 aromatic heterocycles. The molecule has 0 radical (unpaired) electrons. The Morgan fingerprint density at radius 2 is 1.96 bits per heavy atom. The van der Waals surface area contributed by atoms with Crippen molar-refractivity contribution in [3.05, 3.63) is 29.3 Å². The van der Waals surface area contributed by atoms with Crippen molar-refractivity contribution in [3.63, 3.8) is 0 Å². The third-order valence-electron chi connectivity index (χ3n) is 3.57. The highest BCUT2D eigenvalue weighted by molar-refractivity contribution is 14.0. The number of ether oxygens (including phenoxy) is 3. The van der Waals surface area contributed by atoms with Crippen LogP contribution in [0.3, 0.4) is 0 Å². The SMILES string of the molecule is CCNC(=NCc1ccc(C)cc1OCCCOC)NCCC(=O)OC.I. The summed E-state index contributed by atoms with van der Waals surface area (Å²) in [6.07, 6.45) is 1.13. The van der Waals surface area contributed by atoms with Gasteiger partial charge in [0.25, 0.3) is 0 Å². The van der Waals surface area contributed by atoms with Gasteiger partial charge in [-0.05, 0) is 25.5 Å². The third-order valence-corrected chi connectivity index (χ3v) is 3.57. The summed E-state index contributed by atoms with van der Waals surface area (Å²) >= 11 is 0. The lowest BCUT2D eigenvalue weighted by Gasteiger charge is -2.13. The second-order valence-corrected chi connectivity index (χ2v) is 5.75. The number of aliphatic imine (C=N–C) groups is 1. The minimum absolute atomic E-state index is 0. The average molecular weight is 493 g/mol. The van der Waals surface area contributed by atoms with E-state index in [0.29, 0.717) is 38.7 Å². The van der Waals surface area contributed by atoms with Crippen molar-refractivity contribution in [2.75, 3.05) is 40.5 Å². The van der Waals surface area contributed by atoms with E-state index in [1.165, 1.54) is 7.11 Å². The van der Waals surface area contributed by atoms with Gasteiger partial charge >= 0.3 is 5.97 Å². The van der Waals surface area contributed by atoms with Crippen LogP contribution < -0.4 is 15.4 Å². The number of aryl methyl sites for hydroxylation is 1. The molecule has 0 aliphatic rings. The summed E-state index contributed by atoms with van der Waals surface area (Å²) in [5, 5.41) is 6.29. The number of carbonyl (C=O) groups excluding carboxylic acids is 1. The van der Waals surface area contributed by atoms with Gasteiger partial charge in [-0.3, -0.25) is 4.79 Å². The van der Waals surface area contributed by atoms with Crippen LogP contribution in [0.25, 0.3) is 0 Å². The number of nitrogens with one attached hydrogen (secondary N) is 2. The van der Waals surface area contributed by atoms with Crippen molar-refractivity contribution in [3.8, 4) is 5.75 Å². The summed E-state index contributed by atoms with van der Waals surface area (Å²) < 4.78 is 15.6. The van der Waals surface area contributed by atoms with E-state index in [-0.39, 0.29) is 29.9 Å². The second-order valence-electron chi connectivity index (χ2n) is 5.75. The first-order valence-electron chi connectivity index (χ1n) is 8.91. The van der Waals surface area contributed by atoms with Gasteiger partial charge in [-0.1, -0.05) is 12.1 Å². The summed E-state index contributed by atoms with van der Waals surface area (Å²) in [6, 6.07) is 6.10. The fourth-order valence-electron chi connectivity index (χ4n) is 2.20. The Kier molecular flexibility index (Phi) is 14.6. The predicted molar refractivity (Wildman–Crippen MR) is 118 cm³/mol. The fourth-order valence-corrected chi connectivity index (χ4v) is 2.20. The molecule has 7 nitrogen and oxygen atoms in total. The lowest BCUT2D eigenvalue weighted by Crippen LogP contribution is -2.38. The van der Waals surface area contributed by atoms with Gasteiger partial charge in [0.15, 0.2) is 5.96 Å². The number of benzene rings is 1. The molecule has 0 fully saturated rings. The number of halogens is 1. The molecule has 1 aromatic rings. The standard InChI is InChI=1S/C19H31N3O4.HI/c1-5-20-19(21-10-9-18(23)25-4)22-14-16-8-7-15(2)13-17(16)26-12-6-11-24-3;/h7-8,13H,5-6,9-12,14H2,1-4H3,(H2,20,21,22);1H. The maximum Gasteiger partial charge on any atom is 0.307 e. The van der Waals surface area contributed by atoms with E-state index >= 15 is 0 Å². The number of nitrogens with zero attached hydrogens (tertiary/aromatic N) is 1. The zero-order chi connectivity index (χ0) is 19.2.